The molecule has 0 amide bonds. The van der Waals surface area contributed by atoms with E-state index in [9.17, 15) is 0 Å². The van der Waals surface area contributed by atoms with Gasteiger partial charge in [0.1, 0.15) is 12.4 Å². The summed E-state index contributed by atoms with van der Waals surface area (Å²) in [4.78, 5) is 0. The molecule has 0 radical (unpaired) electrons. The van der Waals surface area contributed by atoms with E-state index in [1.807, 2.05) is 0 Å². The standard InChI is InChI=1S/C37H73N2/c1-4-7-10-12-14-16-18-19-20-21-22-23-24-26-28-30-32-37-38(33-9-6-3)35-36-39(37)34-31-29-27-25-17-15-13-11-8-5-2/h35-36H,4-34H2,1-3H3/q+1. The molecule has 0 aromatic carbocycles. The predicted octanol–water partition coefficient (Wildman–Crippen LogP) is 12.3. The van der Waals surface area contributed by atoms with Gasteiger partial charge < -0.3 is 0 Å². The van der Waals surface area contributed by atoms with Gasteiger partial charge in [0.2, 0.25) is 0 Å². The zero-order valence-electron chi connectivity index (χ0n) is 27.5. The smallest absolute Gasteiger partial charge is 0.234 e. The monoisotopic (exact) mass is 546 g/mol. The second kappa shape index (κ2) is 28.7. The molecule has 2 heteroatoms. The number of imidazole rings is 1. The van der Waals surface area contributed by atoms with Gasteiger partial charge in [-0.2, -0.15) is 0 Å². The van der Waals surface area contributed by atoms with Crippen LogP contribution in [0.1, 0.15) is 206 Å². The fraction of sp³-hybridized carbons (Fsp3) is 0.919. The van der Waals surface area contributed by atoms with E-state index in [-0.39, 0.29) is 0 Å². The summed E-state index contributed by atoms with van der Waals surface area (Å²) in [7, 11) is 0. The van der Waals surface area contributed by atoms with Crippen LogP contribution in [-0.2, 0) is 19.5 Å². The second-order valence-corrected chi connectivity index (χ2v) is 12.7. The minimum atomic E-state index is 1.20. The molecule has 1 rings (SSSR count). The minimum absolute atomic E-state index is 1.20. The Bertz CT molecular complexity index is 605. The fourth-order valence-corrected chi connectivity index (χ4v) is 6.12. The summed E-state index contributed by atoms with van der Waals surface area (Å²) < 4.78 is 5.18. The van der Waals surface area contributed by atoms with Crippen LogP contribution in [0, 0.1) is 0 Å². The van der Waals surface area contributed by atoms with E-state index in [2.05, 4.69) is 42.3 Å². The van der Waals surface area contributed by atoms with E-state index in [0.29, 0.717) is 0 Å². The van der Waals surface area contributed by atoms with Crippen molar-refractivity contribution in [1.82, 2.24) is 4.57 Å². The summed E-state index contributed by atoms with van der Waals surface area (Å²) in [5.41, 5.74) is 0. The Morgan fingerprint density at radius 3 is 1.21 bits per heavy atom. The number of unbranched alkanes of at least 4 members (excludes halogenated alkanes) is 25. The van der Waals surface area contributed by atoms with Crippen molar-refractivity contribution >= 4 is 0 Å². The highest BCUT2D eigenvalue weighted by Crippen LogP contribution is 2.15. The van der Waals surface area contributed by atoms with Crippen LogP contribution in [0.2, 0.25) is 0 Å². The van der Waals surface area contributed by atoms with Crippen LogP contribution in [0.5, 0.6) is 0 Å². The average Bonchev–Trinajstić information content (AvgIpc) is 3.33. The maximum atomic E-state index is 2.60. The van der Waals surface area contributed by atoms with Crippen LogP contribution >= 0.6 is 0 Å². The Hall–Kier alpha value is -0.790. The zero-order chi connectivity index (χ0) is 28.1. The maximum absolute atomic E-state index is 2.60. The Labute approximate surface area is 247 Å². The quantitative estimate of drug-likeness (QED) is 0.0648. The molecule has 0 bridgehead atoms. The lowest BCUT2D eigenvalue weighted by molar-refractivity contribution is -0.704. The Kier molecular flexibility index (Phi) is 26.7. The normalized spacial score (nSPS) is 11.6. The third kappa shape index (κ3) is 21.6. The predicted molar refractivity (Wildman–Crippen MR) is 175 cm³/mol. The molecule has 230 valence electrons. The van der Waals surface area contributed by atoms with E-state index in [0.717, 1.165) is 0 Å². The molecule has 0 spiro atoms. The van der Waals surface area contributed by atoms with Gasteiger partial charge >= 0.3 is 0 Å². The van der Waals surface area contributed by atoms with Gasteiger partial charge in [0.05, 0.1) is 13.1 Å². The van der Waals surface area contributed by atoms with Crippen LogP contribution < -0.4 is 4.57 Å². The van der Waals surface area contributed by atoms with Crippen molar-refractivity contribution < 1.29 is 4.57 Å². The highest BCUT2D eigenvalue weighted by atomic mass is 15.1. The Balaban J connectivity index is 2.09. The third-order valence-corrected chi connectivity index (χ3v) is 8.85. The summed E-state index contributed by atoms with van der Waals surface area (Å²) >= 11 is 0. The van der Waals surface area contributed by atoms with Gasteiger partial charge in [-0.05, 0) is 25.7 Å². The van der Waals surface area contributed by atoms with Crippen molar-refractivity contribution in [1.29, 1.82) is 0 Å². The van der Waals surface area contributed by atoms with E-state index < -0.39 is 0 Å². The molecule has 0 atom stereocenters. The van der Waals surface area contributed by atoms with Crippen LogP contribution in [-0.4, -0.2) is 4.57 Å². The van der Waals surface area contributed by atoms with Crippen molar-refractivity contribution in [3.8, 4) is 0 Å². The molecule has 1 aromatic rings. The Morgan fingerprint density at radius 1 is 0.436 bits per heavy atom. The number of nitrogens with zero attached hydrogens (tertiary/aromatic N) is 2. The van der Waals surface area contributed by atoms with Crippen LogP contribution in [0.4, 0.5) is 0 Å². The first kappa shape index (κ1) is 36.2. The number of hydrogen-bond donors (Lipinski definition) is 0. The highest BCUT2D eigenvalue weighted by Gasteiger charge is 2.16. The molecular weight excluding hydrogens is 472 g/mol. The molecule has 0 saturated heterocycles. The molecule has 0 N–H and O–H groups in total. The number of hydrogen-bond acceptors (Lipinski definition) is 0. The van der Waals surface area contributed by atoms with Crippen LogP contribution in [0.15, 0.2) is 12.4 Å². The van der Waals surface area contributed by atoms with Gasteiger partial charge in [0.25, 0.3) is 5.82 Å². The van der Waals surface area contributed by atoms with Gasteiger partial charge in [-0.1, -0.05) is 175 Å². The molecule has 0 saturated carbocycles. The number of aromatic nitrogens is 2. The van der Waals surface area contributed by atoms with Gasteiger partial charge in [0, 0.05) is 6.42 Å². The lowest BCUT2D eigenvalue weighted by Crippen LogP contribution is -2.37. The molecule has 0 aliphatic rings. The Morgan fingerprint density at radius 2 is 0.795 bits per heavy atom. The van der Waals surface area contributed by atoms with Gasteiger partial charge in [0.15, 0.2) is 0 Å². The van der Waals surface area contributed by atoms with E-state index in [1.54, 1.807) is 5.82 Å². The first-order valence-electron chi connectivity index (χ1n) is 18.4. The van der Waals surface area contributed by atoms with Gasteiger partial charge in [-0.3, -0.25) is 0 Å². The van der Waals surface area contributed by atoms with Crippen LogP contribution in [0.3, 0.4) is 0 Å². The van der Waals surface area contributed by atoms with Crippen molar-refractivity contribution in [2.75, 3.05) is 0 Å². The first-order valence-corrected chi connectivity index (χ1v) is 18.4. The number of rotatable bonds is 31. The molecule has 2 nitrogen and oxygen atoms in total. The van der Waals surface area contributed by atoms with Crippen molar-refractivity contribution in [3.63, 3.8) is 0 Å². The van der Waals surface area contributed by atoms with Crippen molar-refractivity contribution in [2.45, 2.75) is 220 Å². The van der Waals surface area contributed by atoms with Gasteiger partial charge in [-0.15, -0.1) is 0 Å². The van der Waals surface area contributed by atoms with Crippen molar-refractivity contribution in [2.24, 2.45) is 0 Å². The lowest BCUT2D eigenvalue weighted by Gasteiger charge is -2.07. The largest absolute Gasteiger partial charge is 0.256 e. The molecule has 1 aromatic heterocycles. The van der Waals surface area contributed by atoms with Gasteiger partial charge in [-0.25, -0.2) is 9.13 Å². The highest BCUT2D eigenvalue weighted by molar-refractivity contribution is 4.84. The second-order valence-electron chi connectivity index (χ2n) is 12.7. The molecule has 39 heavy (non-hydrogen) atoms. The topological polar surface area (TPSA) is 8.81 Å². The summed E-state index contributed by atoms with van der Waals surface area (Å²) in [6, 6.07) is 0. The first-order chi connectivity index (χ1) is 19.3. The summed E-state index contributed by atoms with van der Waals surface area (Å²) in [5, 5.41) is 0. The van der Waals surface area contributed by atoms with E-state index in [1.165, 1.54) is 199 Å². The maximum Gasteiger partial charge on any atom is 0.256 e. The molecule has 0 fully saturated rings. The summed E-state index contributed by atoms with van der Waals surface area (Å²) in [6.07, 6.45) is 46.0. The SMILES string of the molecule is CCCCCCCCCCCCCCCCCCc1n(CCCC)cc[n+]1CCCCCCCCCCCC. The van der Waals surface area contributed by atoms with Crippen LogP contribution in [0.25, 0.3) is 0 Å². The van der Waals surface area contributed by atoms with E-state index >= 15 is 0 Å². The molecule has 0 aliphatic carbocycles. The molecule has 0 unspecified atom stereocenters. The summed E-state index contributed by atoms with van der Waals surface area (Å²) in [6.45, 7) is 9.36. The van der Waals surface area contributed by atoms with Crippen molar-refractivity contribution in [3.05, 3.63) is 18.2 Å². The lowest BCUT2D eigenvalue weighted by atomic mass is 10.0. The average molecular weight is 546 g/mol. The molecular formula is C37H73N2+. The molecule has 1 heterocycles. The minimum Gasteiger partial charge on any atom is -0.234 e. The number of aryl methyl sites for hydroxylation is 2. The zero-order valence-corrected chi connectivity index (χ0v) is 27.5. The summed E-state index contributed by atoms with van der Waals surface area (Å²) in [5.74, 6) is 1.60. The van der Waals surface area contributed by atoms with E-state index in [4.69, 9.17) is 0 Å². The molecule has 0 aliphatic heterocycles. The fourth-order valence-electron chi connectivity index (χ4n) is 6.12. The third-order valence-electron chi connectivity index (χ3n) is 8.85.